The van der Waals surface area contributed by atoms with Crippen molar-refractivity contribution >= 4 is 29.4 Å². The first-order valence-electron chi connectivity index (χ1n) is 9.12. The van der Waals surface area contributed by atoms with Gasteiger partial charge >= 0.3 is 5.97 Å². The first-order valence-corrected chi connectivity index (χ1v) is 9.12. The number of ether oxygens (including phenoxy) is 3. The molecule has 10 heteroatoms. The fraction of sp³-hybridized carbons (Fsp3) is 0.474. The lowest BCUT2D eigenvalue weighted by Crippen LogP contribution is -2.39. The number of methoxy groups -OCH3 is 2. The van der Waals surface area contributed by atoms with E-state index in [-0.39, 0.29) is 31.3 Å². The van der Waals surface area contributed by atoms with Gasteiger partial charge in [0.2, 0.25) is 11.8 Å². The van der Waals surface area contributed by atoms with Crippen molar-refractivity contribution < 1.29 is 33.4 Å². The molecule has 1 aromatic rings. The molecule has 0 spiro atoms. The summed E-state index contributed by atoms with van der Waals surface area (Å²) in [7, 11) is 3.00. The highest BCUT2D eigenvalue weighted by Crippen LogP contribution is 2.35. The molecule has 1 aliphatic heterocycles. The molecule has 0 aromatic heterocycles. The summed E-state index contributed by atoms with van der Waals surface area (Å²) in [5.41, 5.74) is 0.522. The Morgan fingerprint density at radius 1 is 1.14 bits per heavy atom. The molecule has 0 bridgehead atoms. The third-order valence-electron chi connectivity index (χ3n) is 4.30. The molecular weight excluding hydrogens is 382 g/mol. The summed E-state index contributed by atoms with van der Waals surface area (Å²) in [6, 6.07) is 5.02. The van der Waals surface area contributed by atoms with Crippen LogP contribution in [-0.2, 0) is 23.9 Å². The van der Waals surface area contributed by atoms with E-state index in [0.717, 1.165) is 0 Å². The molecule has 0 radical (unpaired) electrons. The van der Waals surface area contributed by atoms with E-state index in [1.54, 1.807) is 25.1 Å². The zero-order valence-electron chi connectivity index (χ0n) is 16.6. The van der Waals surface area contributed by atoms with E-state index in [2.05, 4.69) is 10.6 Å². The lowest BCUT2D eigenvalue weighted by Gasteiger charge is -2.20. The van der Waals surface area contributed by atoms with Gasteiger partial charge < -0.3 is 29.7 Å². The second kappa shape index (κ2) is 10.3. The molecule has 1 atom stereocenters. The van der Waals surface area contributed by atoms with Crippen molar-refractivity contribution in [2.45, 2.75) is 13.3 Å². The van der Waals surface area contributed by atoms with E-state index in [9.17, 15) is 19.2 Å². The predicted molar refractivity (Wildman–Crippen MR) is 103 cm³/mol. The van der Waals surface area contributed by atoms with Gasteiger partial charge in [-0.1, -0.05) is 0 Å². The molecule has 10 nitrogen and oxygen atoms in total. The van der Waals surface area contributed by atoms with Crippen LogP contribution >= 0.6 is 0 Å². The number of likely N-dealkylation sites (N-methyl/N-ethyl adjacent to an activating group) is 1. The van der Waals surface area contributed by atoms with Crippen LogP contribution in [0.15, 0.2) is 18.2 Å². The summed E-state index contributed by atoms with van der Waals surface area (Å²) >= 11 is 0. The van der Waals surface area contributed by atoms with Crippen molar-refractivity contribution in [3.63, 3.8) is 0 Å². The Kier molecular flexibility index (Phi) is 7.81. The molecule has 1 saturated heterocycles. The van der Waals surface area contributed by atoms with Crippen molar-refractivity contribution in [2.75, 3.05) is 45.4 Å². The Hall–Kier alpha value is -3.30. The zero-order valence-corrected chi connectivity index (χ0v) is 16.6. The van der Waals surface area contributed by atoms with Crippen molar-refractivity contribution in [2.24, 2.45) is 5.92 Å². The van der Waals surface area contributed by atoms with E-state index in [0.29, 0.717) is 23.7 Å². The number of hydrogen-bond acceptors (Lipinski definition) is 7. The lowest BCUT2D eigenvalue weighted by atomic mass is 10.1. The minimum Gasteiger partial charge on any atom is -0.497 e. The average Bonchev–Trinajstić information content (AvgIpc) is 3.11. The van der Waals surface area contributed by atoms with Crippen molar-refractivity contribution in [3.8, 4) is 11.5 Å². The van der Waals surface area contributed by atoms with E-state index in [1.165, 1.54) is 19.1 Å². The topological polar surface area (TPSA) is 123 Å². The molecule has 0 aliphatic carbocycles. The quantitative estimate of drug-likeness (QED) is 0.546. The smallest absolute Gasteiger partial charge is 0.311 e. The van der Waals surface area contributed by atoms with Gasteiger partial charge in [-0.15, -0.1) is 0 Å². The maximum atomic E-state index is 12.4. The fourth-order valence-electron chi connectivity index (χ4n) is 2.85. The minimum atomic E-state index is -0.703. The van der Waals surface area contributed by atoms with Gasteiger partial charge in [-0.05, 0) is 19.1 Å². The van der Waals surface area contributed by atoms with E-state index in [4.69, 9.17) is 14.2 Å². The standard InChI is InChI=1S/C19H25N3O7/c1-4-20-16(23)9-21-17(24)11-29-19(26)12-7-18(25)22(10-12)14-6-5-13(27-2)8-15(14)28-3/h5-6,8,12H,4,7,9-11H2,1-3H3,(H,20,23)(H,21,24)/t12-/m1/s1. The second-order valence-electron chi connectivity index (χ2n) is 6.28. The van der Waals surface area contributed by atoms with E-state index < -0.39 is 24.4 Å². The van der Waals surface area contributed by atoms with Gasteiger partial charge in [-0.25, -0.2) is 0 Å². The molecular formula is C19H25N3O7. The zero-order chi connectivity index (χ0) is 21.4. The highest BCUT2D eigenvalue weighted by Gasteiger charge is 2.37. The summed E-state index contributed by atoms with van der Waals surface area (Å²) in [5.74, 6) is -1.52. The fourth-order valence-corrected chi connectivity index (χ4v) is 2.85. The summed E-state index contributed by atoms with van der Waals surface area (Å²) in [4.78, 5) is 49.1. The molecule has 3 amide bonds. The number of benzene rings is 1. The molecule has 0 unspecified atom stereocenters. The molecule has 1 aromatic carbocycles. The van der Waals surface area contributed by atoms with Crippen molar-refractivity contribution in [1.82, 2.24) is 10.6 Å². The number of anilines is 1. The van der Waals surface area contributed by atoms with Gasteiger partial charge in [0, 0.05) is 25.6 Å². The van der Waals surface area contributed by atoms with Gasteiger partial charge in [0.25, 0.3) is 5.91 Å². The number of esters is 1. The SMILES string of the molecule is CCNC(=O)CNC(=O)COC(=O)[C@@H]1CC(=O)N(c2ccc(OC)cc2OC)C1. The van der Waals surface area contributed by atoms with Crippen LogP contribution in [0, 0.1) is 5.92 Å². The monoisotopic (exact) mass is 407 g/mol. The number of hydrogen-bond donors (Lipinski definition) is 2. The normalized spacial score (nSPS) is 15.6. The number of nitrogens with zero attached hydrogens (tertiary/aromatic N) is 1. The largest absolute Gasteiger partial charge is 0.497 e. The van der Waals surface area contributed by atoms with Crippen LogP contribution in [-0.4, -0.2) is 64.2 Å². The Morgan fingerprint density at radius 3 is 2.55 bits per heavy atom. The van der Waals surface area contributed by atoms with Gasteiger partial charge in [0.1, 0.15) is 11.5 Å². The van der Waals surface area contributed by atoms with Gasteiger partial charge in [0.05, 0.1) is 32.4 Å². The Labute approximate surface area is 168 Å². The predicted octanol–water partition coefficient (Wildman–Crippen LogP) is -0.148. The Morgan fingerprint density at radius 2 is 1.90 bits per heavy atom. The van der Waals surface area contributed by atoms with E-state index >= 15 is 0 Å². The van der Waals surface area contributed by atoms with Crippen LogP contribution in [0.1, 0.15) is 13.3 Å². The number of rotatable bonds is 9. The van der Waals surface area contributed by atoms with Crippen LogP contribution in [0.25, 0.3) is 0 Å². The third kappa shape index (κ3) is 5.84. The Bertz CT molecular complexity index is 781. The van der Waals surface area contributed by atoms with Crippen LogP contribution < -0.4 is 25.0 Å². The van der Waals surface area contributed by atoms with Crippen molar-refractivity contribution in [1.29, 1.82) is 0 Å². The molecule has 1 fully saturated rings. The van der Waals surface area contributed by atoms with Crippen LogP contribution in [0.2, 0.25) is 0 Å². The summed E-state index contributed by atoms with van der Waals surface area (Å²) in [6.07, 6.45) is -0.0332. The van der Waals surface area contributed by atoms with Gasteiger partial charge in [-0.3, -0.25) is 19.2 Å². The number of nitrogens with one attached hydrogen (secondary N) is 2. The highest BCUT2D eigenvalue weighted by atomic mass is 16.5. The summed E-state index contributed by atoms with van der Waals surface area (Å²) in [5, 5.41) is 4.88. The minimum absolute atomic E-state index is 0.0332. The first-order chi connectivity index (χ1) is 13.9. The Balaban J connectivity index is 1.90. The molecule has 29 heavy (non-hydrogen) atoms. The number of carbonyl (C=O) groups is 4. The maximum Gasteiger partial charge on any atom is 0.311 e. The van der Waals surface area contributed by atoms with Gasteiger partial charge in [0.15, 0.2) is 6.61 Å². The molecule has 158 valence electrons. The summed E-state index contributed by atoms with van der Waals surface area (Å²) < 4.78 is 15.4. The first kappa shape index (κ1) is 22.0. The maximum absolute atomic E-state index is 12.4. The average molecular weight is 407 g/mol. The van der Waals surface area contributed by atoms with Crippen molar-refractivity contribution in [3.05, 3.63) is 18.2 Å². The van der Waals surface area contributed by atoms with Gasteiger partial charge in [-0.2, -0.15) is 0 Å². The molecule has 1 heterocycles. The number of amides is 3. The van der Waals surface area contributed by atoms with Crippen LogP contribution in [0.5, 0.6) is 11.5 Å². The lowest BCUT2D eigenvalue weighted by molar-refractivity contribution is -0.152. The van der Waals surface area contributed by atoms with Crippen LogP contribution in [0.3, 0.4) is 0 Å². The molecule has 1 aliphatic rings. The molecule has 0 saturated carbocycles. The second-order valence-corrected chi connectivity index (χ2v) is 6.28. The molecule has 2 rings (SSSR count). The highest BCUT2D eigenvalue weighted by molar-refractivity contribution is 6.00. The number of carbonyl (C=O) groups excluding carboxylic acids is 4. The summed E-state index contributed by atoms with van der Waals surface area (Å²) in [6.45, 7) is 1.61. The van der Waals surface area contributed by atoms with E-state index in [1.807, 2.05) is 0 Å². The van der Waals surface area contributed by atoms with Crippen LogP contribution in [0.4, 0.5) is 5.69 Å². The molecule has 2 N–H and O–H groups in total. The third-order valence-corrected chi connectivity index (χ3v) is 4.30.